The van der Waals surface area contributed by atoms with Crippen LogP contribution >= 0.6 is 0 Å². The predicted molar refractivity (Wildman–Crippen MR) is 102 cm³/mol. The van der Waals surface area contributed by atoms with Crippen LogP contribution in [0.1, 0.15) is 29.5 Å². The molecule has 1 heterocycles. The minimum absolute atomic E-state index is 0.111. The van der Waals surface area contributed by atoms with Crippen molar-refractivity contribution in [3.63, 3.8) is 0 Å². The summed E-state index contributed by atoms with van der Waals surface area (Å²) in [5.41, 5.74) is 5.22. The molecule has 0 spiro atoms. The van der Waals surface area contributed by atoms with E-state index in [2.05, 4.69) is 27.8 Å². The average Bonchev–Trinajstić information content (AvgIpc) is 3.14. The third-order valence-electron chi connectivity index (χ3n) is 4.73. The van der Waals surface area contributed by atoms with E-state index in [1.807, 2.05) is 37.3 Å². The van der Waals surface area contributed by atoms with Crippen LogP contribution in [0.5, 0.6) is 5.75 Å². The zero-order valence-electron chi connectivity index (χ0n) is 15.2. The summed E-state index contributed by atoms with van der Waals surface area (Å²) < 4.78 is 10.4. The maximum atomic E-state index is 12.2. The smallest absolute Gasteiger partial charge is 0.263 e. The summed E-state index contributed by atoms with van der Waals surface area (Å²) >= 11 is 0. The fourth-order valence-corrected chi connectivity index (χ4v) is 3.36. The third-order valence-corrected chi connectivity index (χ3v) is 4.73. The van der Waals surface area contributed by atoms with E-state index in [1.54, 1.807) is 0 Å². The molecule has 0 radical (unpaired) electrons. The molecular formula is C21H21N3O3. The number of carbonyl (C=O) groups excluding carboxylic acids is 1. The molecule has 1 aliphatic rings. The summed E-state index contributed by atoms with van der Waals surface area (Å²) in [6.07, 6.45) is 4.63. The van der Waals surface area contributed by atoms with Crippen molar-refractivity contribution < 1.29 is 14.2 Å². The second-order valence-corrected chi connectivity index (χ2v) is 6.81. The fourth-order valence-electron chi connectivity index (χ4n) is 3.36. The Kier molecular flexibility index (Phi) is 4.87. The standard InChI is InChI=1S/C21H21N3O3/c1-14-5-4-8-18(11-14)26-13-19(25)22-21-20(23-27-24-21)17-10-9-15-6-2-3-7-16(15)12-17/h4-5,8-12H,2-3,6-7,13H2,1H3,(H,22,24,25). The summed E-state index contributed by atoms with van der Waals surface area (Å²) in [5, 5.41) is 10.5. The van der Waals surface area contributed by atoms with E-state index in [-0.39, 0.29) is 12.5 Å². The van der Waals surface area contributed by atoms with Crippen molar-refractivity contribution in [1.29, 1.82) is 0 Å². The van der Waals surface area contributed by atoms with Crippen LogP contribution in [0.15, 0.2) is 47.1 Å². The van der Waals surface area contributed by atoms with Crippen molar-refractivity contribution in [3.8, 4) is 17.0 Å². The molecule has 6 nitrogen and oxygen atoms in total. The Bertz CT molecular complexity index is 965. The summed E-state index contributed by atoms with van der Waals surface area (Å²) in [6.45, 7) is 1.86. The largest absolute Gasteiger partial charge is 0.484 e. The molecule has 3 aromatic rings. The Hall–Kier alpha value is -3.15. The first-order chi connectivity index (χ1) is 13.2. The summed E-state index contributed by atoms with van der Waals surface area (Å²) in [5.74, 6) is 0.647. The van der Waals surface area contributed by atoms with Crippen molar-refractivity contribution >= 4 is 11.7 Å². The highest BCUT2D eigenvalue weighted by Crippen LogP contribution is 2.29. The van der Waals surface area contributed by atoms with Gasteiger partial charge in [0.2, 0.25) is 5.82 Å². The first kappa shape index (κ1) is 17.3. The Morgan fingerprint density at radius 3 is 2.81 bits per heavy atom. The van der Waals surface area contributed by atoms with Crippen LogP contribution in [0, 0.1) is 6.92 Å². The van der Waals surface area contributed by atoms with Gasteiger partial charge in [-0.25, -0.2) is 4.63 Å². The molecule has 4 rings (SSSR count). The number of aryl methyl sites for hydroxylation is 3. The molecule has 0 aliphatic heterocycles. The molecule has 0 saturated carbocycles. The number of anilines is 1. The SMILES string of the molecule is Cc1cccc(OCC(=O)Nc2nonc2-c2ccc3c(c2)CCCC3)c1. The van der Waals surface area contributed by atoms with Gasteiger partial charge in [0.15, 0.2) is 12.3 Å². The van der Waals surface area contributed by atoms with Gasteiger partial charge < -0.3 is 10.1 Å². The van der Waals surface area contributed by atoms with Gasteiger partial charge in [0.05, 0.1) is 0 Å². The van der Waals surface area contributed by atoms with Gasteiger partial charge >= 0.3 is 0 Å². The van der Waals surface area contributed by atoms with E-state index in [1.165, 1.54) is 24.0 Å². The summed E-state index contributed by atoms with van der Waals surface area (Å²) in [6, 6.07) is 13.8. The molecule has 1 amide bonds. The number of rotatable bonds is 5. The Morgan fingerprint density at radius 1 is 1.11 bits per heavy atom. The van der Waals surface area contributed by atoms with Crippen LogP contribution in [0.3, 0.4) is 0 Å². The molecule has 0 atom stereocenters. The van der Waals surface area contributed by atoms with Crippen LogP contribution in [0.25, 0.3) is 11.3 Å². The number of fused-ring (bicyclic) bond motifs is 1. The molecule has 27 heavy (non-hydrogen) atoms. The number of amides is 1. The van der Waals surface area contributed by atoms with Gasteiger partial charge in [-0.05, 0) is 77.8 Å². The maximum absolute atomic E-state index is 12.2. The molecule has 0 fully saturated rings. The lowest BCUT2D eigenvalue weighted by Gasteiger charge is -2.16. The lowest BCUT2D eigenvalue weighted by atomic mass is 9.90. The second kappa shape index (κ2) is 7.61. The molecule has 138 valence electrons. The fraction of sp³-hybridized carbons (Fsp3) is 0.286. The van der Waals surface area contributed by atoms with Crippen LogP contribution in [0.2, 0.25) is 0 Å². The predicted octanol–water partition coefficient (Wildman–Crippen LogP) is 3.94. The zero-order chi connectivity index (χ0) is 18.6. The Morgan fingerprint density at radius 2 is 1.96 bits per heavy atom. The van der Waals surface area contributed by atoms with Crippen molar-refractivity contribution in [3.05, 3.63) is 59.2 Å². The first-order valence-electron chi connectivity index (χ1n) is 9.13. The van der Waals surface area contributed by atoms with E-state index < -0.39 is 0 Å². The lowest BCUT2D eigenvalue weighted by molar-refractivity contribution is -0.118. The monoisotopic (exact) mass is 363 g/mol. The van der Waals surface area contributed by atoms with E-state index in [0.717, 1.165) is 24.0 Å². The number of benzene rings is 2. The normalized spacial score (nSPS) is 13.1. The van der Waals surface area contributed by atoms with E-state index >= 15 is 0 Å². The van der Waals surface area contributed by atoms with Gasteiger partial charge in [0.1, 0.15) is 5.75 Å². The number of nitrogens with one attached hydrogen (secondary N) is 1. The lowest BCUT2D eigenvalue weighted by Crippen LogP contribution is -2.20. The van der Waals surface area contributed by atoms with Crippen molar-refractivity contribution in [2.45, 2.75) is 32.6 Å². The number of hydrogen-bond acceptors (Lipinski definition) is 5. The molecule has 1 N–H and O–H groups in total. The Labute approximate surface area is 157 Å². The molecule has 0 unspecified atom stereocenters. The van der Waals surface area contributed by atoms with Gasteiger partial charge in [-0.1, -0.05) is 24.3 Å². The minimum Gasteiger partial charge on any atom is -0.484 e. The number of nitrogens with zero attached hydrogens (tertiary/aromatic N) is 2. The number of aromatic nitrogens is 2. The molecule has 1 aliphatic carbocycles. The number of carbonyl (C=O) groups is 1. The van der Waals surface area contributed by atoms with Crippen LogP contribution in [0.4, 0.5) is 5.82 Å². The molecule has 0 bridgehead atoms. The second-order valence-electron chi connectivity index (χ2n) is 6.81. The van der Waals surface area contributed by atoms with Gasteiger partial charge in [-0.15, -0.1) is 0 Å². The molecule has 0 saturated heterocycles. The van der Waals surface area contributed by atoms with Crippen LogP contribution in [-0.2, 0) is 17.6 Å². The quantitative estimate of drug-likeness (QED) is 0.743. The Balaban J connectivity index is 1.45. The van der Waals surface area contributed by atoms with E-state index in [0.29, 0.717) is 17.3 Å². The summed E-state index contributed by atoms with van der Waals surface area (Å²) in [4.78, 5) is 12.2. The highest BCUT2D eigenvalue weighted by atomic mass is 16.6. The topological polar surface area (TPSA) is 77.2 Å². The van der Waals surface area contributed by atoms with Gasteiger partial charge in [0, 0.05) is 5.56 Å². The van der Waals surface area contributed by atoms with Crippen LogP contribution in [-0.4, -0.2) is 22.8 Å². The van der Waals surface area contributed by atoms with Crippen molar-refractivity contribution in [2.75, 3.05) is 11.9 Å². The van der Waals surface area contributed by atoms with Gasteiger partial charge in [-0.3, -0.25) is 4.79 Å². The van der Waals surface area contributed by atoms with E-state index in [9.17, 15) is 4.79 Å². The highest BCUT2D eigenvalue weighted by molar-refractivity contribution is 5.94. The third kappa shape index (κ3) is 4.00. The summed E-state index contributed by atoms with van der Waals surface area (Å²) in [7, 11) is 0. The van der Waals surface area contributed by atoms with Gasteiger partial charge in [0.25, 0.3) is 5.91 Å². The minimum atomic E-state index is -0.314. The zero-order valence-corrected chi connectivity index (χ0v) is 15.2. The first-order valence-corrected chi connectivity index (χ1v) is 9.13. The van der Waals surface area contributed by atoms with Crippen molar-refractivity contribution in [1.82, 2.24) is 10.3 Å². The molecule has 6 heteroatoms. The highest BCUT2D eigenvalue weighted by Gasteiger charge is 2.18. The molecule has 1 aromatic heterocycles. The van der Waals surface area contributed by atoms with Gasteiger partial charge in [-0.2, -0.15) is 0 Å². The molecular weight excluding hydrogens is 342 g/mol. The number of hydrogen-bond donors (Lipinski definition) is 1. The molecule has 2 aromatic carbocycles. The number of ether oxygens (including phenoxy) is 1. The van der Waals surface area contributed by atoms with E-state index in [4.69, 9.17) is 9.37 Å². The van der Waals surface area contributed by atoms with Crippen molar-refractivity contribution in [2.24, 2.45) is 0 Å². The van der Waals surface area contributed by atoms with Crippen LogP contribution < -0.4 is 10.1 Å². The maximum Gasteiger partial charge on any atom is 0.263 e. The average molecular weight is 363 g/mol.